The molecule has 2 heteroatoms. The molecule has 1 N–H and O–H groups in total. The summed E-state index contributed by atoms with van der Waals surface area (Å²) in [6.45, 7) is 7.84. The lowest BCUT2D eigenvalue weighted by atomic mass is 9.64. The van der Waals surface area contributed by atoms with Gasteiger partial charge in [0.05, 0.1) is 5.41 Å². The van der Waals surface area contributed by atoms with Crippen LogP contribution in [0, 0.1) is 11.3 Å². The molecule has 1 rings (SSSR count). The summed E-state index contributed by atoms with van der Waals surface area (Å²) in [5.41, 5.74) is 0.463. The average molecular weight is 196 g/mol. The number of carboxylic acids is 1. The topological polar surface area (TPSA) is 37.3 Å². The predicted octanol–water partition coefficient (Wildman–Crippen LogP) is 3.23. The molecule has 0 heterocycles. The maximum Gasteiger partial charge on any atom is 0.310 e. The number of carboxylic acid groups (broad SMARTS) is 1. The molecule has 0 aromatic rings. The Hall–Kier alpha value is -0.790. The van der Waals surface area contributed by atoms with Crippen LogP contribution >= 0.6 is 0 Å². The van der Waals surface area contributed by atoms with Crippen LogP contribution < -0.4 is 0 Å². The fourth-order valence-electron chi connectivity index (χ4n) is 2.61. The van der Waals surface area contributed by atoms with Gasteiger partial charge in [-0.25, -0.2) is 0 Å². The molecule has 2 unspecified atom stereocenters. The largest absolute Gasteiger partial charge is 0.481 e. The number of hydrogen-bond acceptors (Lipinski definition) is 1. The lowest BCUT2D eigenvalue weighted by Gasteiger charge is -2.39. The Labute approximate surface area is 86.0 Å². The van der Waals surface area contributed by atoms with Crippen molar-refractivity contribution >= 4 is 5.97 Å². The molecule has 1 aliphatic rings. The first-order chi connectivity index (χ1) is 6.49. The van der Waals surface area contributed by atoms with Gasteiger partial charge in [-0.3, -0.25) is 4.79 Å². The van der Waals surface area contributed by atoms with Gasteiger partial charge in [-0.2, -0.15) is 0 Å². The maximum atomic E-state index is 11.4. The van der Waals surface area contributed by atoms with Crippen LogP contribution in [0.5, 0.6) is 0 Å². The predicted molar refractivity (Wildman–Crippen MR) is 57.1 cm³/mol. The highest BCUT2D eigenvalue weighted by Gasteiger charge is 2.44. The molecule has 2 atom stereocenters. The quantitative estimate of drug-likeness (QED) is 0.703. The third-order valence-corrected chi connectivity index (χ3v) is 3.50. The summed E-state index contributed by atoms with van der Waals surface area (Å²) in [7, 11) is 0. The summed E-state index contributed by atoms with van der Waals surface area (Å²) in [6.07, 6.45) is 4.72. The highest BCUT2D eigenvalue weighted by atomic mass is 16.4. The molecule has 0 saturated heterocycles. The van der Waals surface area contributed by atoms with Gasteiger partial charge in [0.25, 0.3) is 0 Å². The number of rotatable bonds is 3. The number of allylic oxidation sites excluding steroid dienone is 1. The van der Waals surface area contributed by atoms with E-state index in [4.69, 9.17) is 0 Å². The molecule has 0 aromatic carbocycles. The van der Waals surface area contributed by atoms with Gasteiger partial charge < -0.3 is 5.11 Å². The van der Waals surface area contributed by atoms with Gasteiger partial charge in [-0.1, -0.05) is 25.3 Å². The molecule has 2 nitrogen and oxygen atoms in total. The summed E-state index contributed by atoms with van der Waals surface area (Å²) in [4.78, 5) is 11.4. The van der Waals surface area contributed by atoms with Crippen LogP contribution in [0.25, 0.3) is 0 Å². The molecule has 0 aromatic heterocycles. The van der Waals surface area contributed by atoms with Crippen molar-refractivity contribution in [3.63, 3.8) is 0 Å². The van der Waals surface area contributed by atoms with Gasteiger partial charge in [-0.15, -0.1) is 6.58 Å². The molecule has 0 bridgehead atoms. The van der Waals surface area contributed by atoms with Gasteiger partial charge >= 0.3 is 5.97 Å². The molecular formula is C12H20O2. The molecule has 0 spiro atoms. The molecule has 80 valence electrons. The minimum absolute atomic E-state index is 0.283. The summed E-state index contributed by atoms with van der Waals surface area (Å²) in [5.74, 6) is -0.349. The molecule has 0 amide bonds. The van der Waals surface area contributed by atoms with Crippen LogP contribution in [0.4, 0.5) is 0 Å². The van der Waals surface area contributed by atoms with Crippen molar-refractivity contribution in [2.45, 2.75) is 46.0 Å². The Morgan fingerprint density at radius 3 is 2.64 bits per heavy atom. The first kappa shape index (κ1) is 11.3. The normalized spacial score (nSPS) is 32.6. The van der Waals surface area contributed by atoms with E-state index in [1.165, 1.54) is 6.42 Å². The fourth-order valence-corrected chi connectivity index (χ4v) is 2.61. The van der Waals surface area contributed by atoms with Gasteiger partial charge in [0.2, 0.25) is 0 Å². The highest BCUT2D eigenvalue weighted by Crippen LogP contribution is 2.45. The van der Waals surface area contributed by atoms with E-state index in [0.717, 1.165) is 24.8 Å². The van der Waals surface area contributed by atoms with Crippen molar-refractivity contribution in [3.8, 4) is 0 Å². The van der Waals surface area contributed by atoms with Crippen molar-refractivity contribution in [2.24, 2.45) is 11.3 Å². The lowest BCUT2D eigenvalue weighted by Crippen LogP contribution is -2.40. The van der Waals surface area contributed by atoms with Crippen LogP contribution in [-0.2, 0) is 4.79 Å². The number of carbonyl (C=O) groups is 1. The zero-order valence-electron chi connectivity index (χ0n) is 9.18. The van der Waals surface area contributed by atoms with Crippen molar-refractivity contribution in [1.29, 1.82) is 0 Å². The van der Waals surface area contributed by atoms with E-state index < -0.39 is 11.4 Å². The Morgan fingerprint density at radius 2 is 2.21 bits per heavy atom. The Balaban J connectivity index is 2.88. The first-order valence-corrected chi connectivity index (χ1v) is 5.37. The van der Waals surface area contributed by atoms with E-state index in [-0.39, 0.29) is 5.92 Å². The summed E-state index contributed by atoms with van der Waals surface area (Å²) in [6, 6.07) is 0. The van der Waals surface area contributed by atoms with Crippen LogP contribution in [0.1, 0.15) is 46.0 Å². The van der Waals surface area contributed by atoms with Crippen LogP contribution in [0.3, 0.4) is 0 Å². The van der Waals surface area contributed by atoms with Gasteiger partial charge in [-0.05, 0) is 32.1 Å². The van der Waals surface area contributed by atoms with E-state index in [1.54, 1.807) is 0 Å². The first-order valence-electron chi connectivity index (χ1n) is 5.37. The van der Waals surface area contributed by atoms with E-state index >= 15 is 0 Å². The molecule has 1 fully saturated rings. The Bertz CT molecular complexity index is 245. The van der Waals surface area contributed by atoms with E-state index in [9.17, 15) is 9.90 Å². The second-order valence-corrected chi connectivity index (χ2v) is 4.74. The van der Waals surface area contributed by atoms with Crippen molar-refractivity contribution in [2.75, 3.05) is 0 Å². The molecule has 1 saturated carbocycles. The zero-order chi connectivity index (χ0) is 10.8. The van der Waals surface area contributed by atoms with Crippen LogP contribution in [0.15, 0.2) is 12.2 Å². The smallest absolute Gasteiger partial charge is 0.310 e. The SMILES string of the molecule is C=C(C)CC1(C(=O)O)CCCCC1C. The number of hydrogen-bond donors (Lipinski definition) is 1. The van der Waals surface area contributed by atoms with Crippen LogP contribution in [0.2, 0.25) is 0 Å². The molecular weight excluding hydrogens is 176 g/mol. The van der Waals surface area contributed by atoms with Gasteiger partial charge in [0.15, 0.2) is 0 Å². The third kappa shape index (κ3) is 1.99. The summed E-state index contributed by atoms with van der Waals surface area (Å²) >= 11 is 0. The second-order valence-electron chi connectivity index (χ2n) is 4.74. The van der Waals surface area contributed by atoms with Crippen molar-refractivity contribution in [1.82, 2.24) is 0 Å². The Kier molecular flexibility index (Phi) is 3.35. The Morgan fingerprint density at radius 1 is 1.57 bits per heavy atom. The highest BCUT2D eigenvalue weighted by molar-refractivity contribution is 5.75. The molecule has 1 aliphatic carbocycles. The molecule has 14 heavy (non-hydrogen) atoms. The lowest BCUT2D eigenvalue weighted by molar-refractivity contribution is -0.154. The summed E-state index contributed by atoms with van der Waals surface area (Å²) < 4.78 is 0. The van der Waals surface area contributed by atoms with Crippen molar-refractivity contribution < 1.29 is 9.90 Å². The average Bonchev–Trinajstić information content (AvgIpc) is 2.08. The third-order valence-electron chi connectivity index (χ3n) is 3.50. The van der Waals surface area contributed by atoms with Gasteiger partial charge in [0.1, 0.15) is 0 Å². The standard InChI is InChI=1S/C12H20O2/c1-9(2)8-12(11(13)14)7-5-4-6-10(12)3/h10H,1,4-8H2,2-3H3,(H,13,14). The minimum Gasteiger partial charge on any atom is -0.481 e. The maximum absolute atomic E-state index is 11.4. The number of aliphatic carboxylic acids is 1. The molecule has 0 radical (unpaired) electrons. The molecule has 0 aliphatic heterocycles. The van der Waals surface area contributed by atoms with Crippen molar-refractivity contribution in [3.05, 3.63) is 12.2 Å². The monoisotopic (exact) mass is 196 g/mol. The van der Waals surface area contributed by atoms with E-state index in [2.05, 4.69) is 13.5 Å². The minimum atomic E-state index is -0.632. The van der Waals surface area contributed by atoms with E-state index in [0.29, 0.717) is 6.42 Å². The summed E-state index contributed by atoms with van der Waals surface area (Å²) in [5, 5.41) is 9.37. The fraction of sp³-hybridized carbons (Fsp3) is 0.750. The van der Waals surface area contributed by atoms with E-state index in [1.807, 2.05) is 6.92 Å². The second kappa shape index (κ2) is 4.16. The van der Waals surface area contributed by atoms with Gasteiger partial charge in [0, 0.05) is 0 Å². The zero-order valence-corrected chi connectivity index (χ0v) is 9.18. The van der Waals surface area contributed by atoms with Crippen LogP contribution in [-0.4, -0.2) is 11.1 Å².